The van der Waals surface area contributed by atoms with E-state index in [4.69, 9.17) is 14.8 Å². The van der Waals surface area contributed by atoms with Gasteiger partial charge >= 0.3 is 0 Å². The zero-order chi connectivity index (χ0) is 20.5. The Labute approximate surface area is 175 Å². The smallest absolute Gasteiger partial charge is 0.121 e. The summed E-state index contributed by atoms with van der Waals surface area (Å²) in [6.07, 6.45) is 4.71. The molecule has 0 saturated carbocycles. The average molecular weight is 394 g/mol. The van der Waals surface area contributed by atoms with Crippen LogP contribution in [0.2, 0.25) is 0 Å². The van der Waals surface area contributed by atoms with Gasteiger partial charge in [0.2, 0.25) is 0 Å². The molecular formula is C25H22N4O. The Morgan fingerprint density at radius 1 is 0.967 bits per heavy atom. The van der Waals surface area contributed by atoms with E-state index in [2.05, 4.69) is 36.2 Å². The zero-order valence-corrected chi connectivity index (χ0v) is 17.0. The molecule has 0 bridgehead atoms. The summed E-state index contributed by atoms with van der Waals surface area (Å²) >= 11 is 0. The molecule has 5 rings (SSSR count). The maximum atomic E-state index is 5.67. The second-order valence-corrected chi connectivity index (χ2v) is 7.09. The predicted molar refractivity (Wildman–Crippen MR) is 120 cm³/mol. The van der Waals surface area contributed by atoms with Crippen molar-refractivity contribution in [3.8, 4) is 28.3 Å². The lowest BCUT2D eigenvalue weighted by Gasteiger charge is -2.10. The number of pyridine rings is 3. The van der Waals surface area contributed by atoms with Crippen LogP contribution in [0.1, 0.15) is 19.5 Å². The van der Waals surface area contributed by atoms with Crippen molar-refractivity contribution in [1.29, 1.82) is 0 Å². The van der Waals surface area contributed by atoms with E-state index in [1.54, 1.807) is 0 Å². The van der Waals surface area contributed by atoms with Gasteiger partial charge in [-0.2, -0.15) is 5.10 Å². The number of hydrogen-bond donors (Lipinski definition) is 0. The van der Waals surface area contributed by atoms with Crippen LogP contribution in [-0.2, 0) is 6.42 Å². The van der Waals surface area contributed by atoms with Crippen molar-refractivity contribution in [3.63, 3.8) is 0 Å². The zero-order valence-electron chi connectivity index (χ0n) is 17.0. The van der Waals surface area contributed by atoms with Crippen molar-refractivity contribution in [2.24, 2.45) is 0 Å². The van der Waals surface area contributed by atoms with Gasteiger partial charge in [-0.05, 0) is 61.4 Å². The molecule has 0 aliphatic heterocycles. The Balaban J connectivity index is 1.80. The van der Waals surface area contributed by atoms with Crippen LogP contribution in [0.5, 0.6) is 5.75 Å². The number of rotatable bonds is 5. The normalized spacial score (nSPS) is 11.3. The molecule has 30 heavy (non-hydrogen) atoms. The molecule has 0 unspecified atom stereocenters. The molecule has 0 N–H and O–H groups in total. The molecule has 4 heterocycles. The maximum absolute atomic E-state index is 5.67. The number of nitrogens with zero attached hydrogens (tertiary/aromatic N) is 4. The van der Waals surface area contributed by atoms with Gasteiger partial charge in [0.15, 0.2) is 0 Å². The molecule has 5 aromatic rings. The van der Waals surface area contributed by atoms with Crippen LogP contribution in [0.25, 0.3) is 38.9 Å². The quantitative estimate of drug-likeness (QED) is 0.391. The maximum Gasteiger partial charge on any atom is 0.121 e. The Kier molecular flexibility index (Phi) is 4.64. The highest BCUT2D eigenvalue weighted by atomic mass is 16.5. The first-order valence-electron chi connectivity index (χ1n) is 10.2. The molecule has 0 atom stereocenters. The largest absolute Gasteiger partial charge is 0.494 e. The summed E-state index contributed by atoms with van der Waals surface area (Å²) in [4.78, 5) is 9.43. The number of fused-ring (bicyclic) bond motifs is 2. The Bertz CT molecular complexity index is 1360. The summed E-state index contributed by atoms with van der Waals surface area (Å²) in [5, 5.41) is 5.96. The fraction of sp³-hybridized carbons (Fsp3) is 0.160. The molecule has 0 fully saturated rings. The first kappa shape index (κ1) is 18.3. The summed E-state index contributed by atoms with van der Waals surface area (Å²) in [7, 11) is 0. The minimum absolute atomic E-state index is 0.628. The van der Waals surface area contributed by atoms with E-state index in [9.17, 15) is 0 Å². The summed E-state index contributed by atoms with van der Waals surface area (Å²) in [5.74, 6) is 0.826. The van der Waals surface area contributed by atoms with Gasteiger partial charge in [0.1, 0.15) is 11.4 Å². The molecule has 0 spiro atoms. The molecular weight excluding hydrogens is 372 g/mol. The molecule has 0 radical (unpaired) electrons. The summed E-state index contributed by atoms with van der Waals surface area (Å²) < 4.78 is 7.59. The highest BCUT2D eigenvalue weighted by Crippen LogP contribution is 2.38. The van der Waals surface area contributed by atoms with E-state index in [1.807, 2.05) is 60.2 Å². The van der Waals surface area contributed by atoms with E-state index in [-0.39, 0.29) is 0 Å². The van der Waals surface area contributed by atoms with Gasteiger partial charge in [0.25, 0.3) is 0 Å². The molecule has 5 nitrogen and oxygen atoms in total. The van der Waals surface area contributed by atoms with Gasteiger partial charge in [-0.25, -0.2) is 4.52 Å². The third-order valence-electron chi connectivity index (χ3n) is 5.25. The van der Waals surface area contributed by atoms with Gasteiger partial charge in [0.05, 0.1) is 23.3 Å². The number of ether oxygens (including phenoxy) is 1. The predicted octanol–water partition coefficient (Wildman–Crippen LogP) is 5.57. The third-order valence-corrected chi connectivity index (χ3v) is 5.25. The average Bonchev–Trinajstić information content (AvgIpc) is 3.18. The summed E-state index contributed by atoms with van der Waals surface area (Å²) in [5.41, 5.74) is 6.89. The fourth-order valence-corrected chi connectivity index (χ4v) is 3.85. The van der Waals surface area contributed by atoms with Crippen LogP contribution >= 0.6 is 0 Å². The number of aromatic nitrogens is 4. The number of hydrogen-bond acceptors (Lipinski definition) is 4. The number of aryl methyl sites for hydroxylation is 1. The first-order chi connectivity index (χ1) is 14.8. The van der Waals surface area contributed by atoms with E-state index in [0.717, 1.165) is 56.8 Å². The van der Waals surface area contributed by atoms with E-state index in [0.29, 0.717) is 6.61 Å². The lowest BCUT2D eigenvalue weighted by atomic mass is 9.98. The van der Waals surface area contributed by atoms with Crippen molar-refractivity contribution < 1.29 is 4.74 Å². The van der Waals surface area contributed by atoms with Crippen molar-refractivity contribution in [3.05, 3.63) is 78.8 Å². The van der Waals surface area contributed by atoms with E-state index < -0.39 is 0 Å². The molecule has 0 saturated heterocycles. The Hall–Kier alpha value is -3.73. The molecule has 0 amide bonds. The van der Waals surface area contributed by atoms with Crippen LogP contribution in [0.15, 0.2) is 73.1 Å². The van der Waals surface area contributed by atoms with Crippen molar-refractivity contribution in [2.45, 2.75) is 20.3 Å². The third kappa shape index (κ3) is 3.08. The van der Waals surface area contributed by atoms with Gasteiger partial charge in [-0.3, -0.25) is 9.97 Å². The summed E-state index contributed by atoms with van der Waals surface area (Å²) in [6, 6.07) is 20.4. The highest BCUT2D eigenvalue weighted by molar-refractivity contribution is 6.03. The Morgan fingerprint density at radius 3 is 2.77 bits per heavy atom. The Morgan fingerprint density at radius 2 is 1.90 bits per heavy atom. The topological polar surface area (TPSA) is 52.3 Å². The minimum atomic E-state index is 0.628. The second-order valence-electron chi connectivity index (χ2n) is 7.09. The van der Waals surface area contributed by atoms with Gasteiger partial charge in [-0.15, -0.1) is 0 Å². The first-order valence-corrected chi connectivity index (χ1v) is 10.2. The number of benzene rings is 1. The monoisotopic (exact) mass is 394 g/mol. The fourth-order valence-electron chi connectivity index (χ4n) is 3.85. The molecule has 4 aromatic heterocycles. The van der Waals surface area contributed by atoms with Crippen molar-refractivity contribution >= 4 is 16.4 Å². The van der Waals surface area contributed by atoms with Crippen LogP contribution in [0, 0.1) is 0 Å². The molecule has 1 aromatic carbocycles. The second kappa shape index (κ2) is 7.59. The van der Waals surface area contributed by atoms with Crippen molar-refractivity contribution in [1.82, 2.24) is 19.6 Å². The van der Waals surface area contributed by atoms with Gasteiger partial charge in [-0.1, -0.05) is 19.1 Å². The van der Waals surface area contributed by atoms with E-state index in [1.165, 1.54) is 0 Å². The molecule has 0 aliphatic carbocycles. The van der Waals surface area contributed by atoms with Crippen LogP contribution in [0.3, 0.4) is 0 Å². The molecule has 5 heteroatoms. The van der Waals surface area contributed by atoms with Crippen LogP contribution in [-0.4, -0.2) is 26.2 Å². The lowest BCUT2D eigenvalue weighted by Crippen LogP contribution is -1.94. The minimum Gasteiger partial charge on any atom is -0.494 e. The standard InChI is InChI=1S/C25H22N4O/c1-3-17-8-7-9-21(27-17)25-24(23-10-5-6-15-29(23)28-25)20-13-14-26-22-16-18(30-4-2)11-12-19(20)22/h5-16H,3-4H2,1-2H3. The lowest BCUT2D eigenvalue weighted by molar-refractivity contribution is 0.340. The SMILES string of the molecule is CCOc1ccc2c(-c3c(-c4cccc(CC)n4)nn4ccccc34)ccnc2c1. The molecule has 148 valence electrons. The van der Waals surface area contributed by atoms with Gasteiger partial charge in [0, 0.05) is 35.1 Å². The highest BCUT2D eigenvalue weighted by Gasteiger charge is 2.19. The summed E-state index contributed by atoms with van der Waals surface area (Å²) in [6.45, 7) is 4.72. The van der Waals surface area contributed by atoms with E-state index >= 15 is 0 Å². The van der Waals surface area contributed by atoms with Crippen molar-refractivity contribution in [2.75, 3.05) is 6.61 Å². The van der Waals surface area contributed by atoms with Crippen LogP contribution < -0.4 is 4.74 Å². The van der Waals surface area contributed by atoms with Crippen LogP contribution in [0.4, 0.5) is 0 Å². The molecule has 0 aliphatic rings. The van der Waals surface area contributed by atoms with Gasteiger partial charge < -0.3 is 4.74 Å².